The number of benzene rings is 2. The van der Waals surface area contributed by atoms with E-state index in [9.17, 15) is 4.79 Å². The average molecular weight is 385 g/mol. The van der Waals surface area contributed by atoms with Gasteiger partial charge < -0.3 is 18.8 Å². The van der Waals surface area contributed by atoms with Crippen LogP contribution in [0.15, 0.2) is 46.6 Å². The fourth-order valence-corrected chi connectivity index (χ4v) is 3.52. The molecule has 0 unspecified atom stereocenters. The van der Waals surface area contributed by atoms with E-state index in [-0.39, 0.29) is 5.75 Å². The molecular formula is C19H19N3O4S. The van der Waals surface area contributed by atoms with Gasteiger partial charge in [0.15, 0.2) is 11.5 Å². The van der Waals surface area contributed by atoms with Crippen molar-refractivity contribution in [1.82, 2.24) is 4.57 Å². The van der Waals surface area contributed by atoms with Gasteiger partial charge in [0.2, 0.25) is 10.6 Å². The summed E-state index contributed by atoms with van der Waals surface area (Å²) < 4.78 is 18.9. The van der Waals surface area contributed by atoms with E-state index in [4.69, 9.17) is 14.2 Å². The Bertz CT molecular complexity index is 1060. The molecule has 0 atom stereocenters. The van der Waals surface area contributed by atoms with Crippen molar-refractivity contribution >= 4 is 33.7 Å². The minimum atomic E-state index is -0.458. The fraction of sp³-hybridized carbons (Fsp3) is 0.211. The lowest BCUT2D eigenvalue weighted by Gasteiger charge is -2.12. The molecule has 0 bridgehead atoms. The number of para-hydroxylation sites is 1. The fourth-order valence-electron chi connectivity index (χ4n) is 2.54. The number of nitrogens with zero attached hydrogens (tertiary/aromatic N) is 3. The first-order chi connectivity index (χ1) is 13.0. The molecule has 0 fully saturated rings. The SMILES string of the molecule is COc1cc(/C=N\N=c2/sc3ccccc3n2C)cc(OC)c1OC(C)=O. The molecule has 3 rings (SSSR count). The number of thiazole rings is 1. The first-order valence-corrected chi connectivity index (χ1v) is 8.91. The molecular weight excluding hydrogens is 366 g/mol. The van der Waals surface area contributed by atoms with Gasteiger partial charge in [-0.1, -0.05) is 23.5 Å². The average Bonchev–Trinajstić information content (AvgIpc) is 2.98. The van der Waals surface area contributed by atoms with Crippen LogP contribution in [0.5, 0.6) is 17.2 Å². The van der Waals surface area contributed by atoms with Crippen LogP contribution in [-0.4, -0.2) is 31.0 Å². The third-order valence-electron chi connectivity index (χ3n) is 3.79. The van der Waals surface area contributed by atoms with Crippen LogP contribution in [0.2, 0.25) is 0 Å². The van der Waals surface area contributed by atoms with E-state index in [1.54, 1.807) is 29.7 Å². The summed E-state index contributed by atoms with van der Waals surface area (Å²) in [4.78, 5) is 12.1. The minimum absolute atomic E-state index is 0.234. The summed E-state index contributed by atoms with van der Waals surface area (Å²) in [5.41, 5.74) is 1.80. The third kappa shape index (κ3) is 4.01. The Morgan fingerprint density at radius 3 is 2.41 bits per heavy atom. The van der Waals surface area contributed by atoms with Crippen molar-refractivity contribution in [2.75, 3.05) is 14.2 Å². The van der Waals surface area contributed by atoms with Crippen LogP contribution in [-0.2, 0) is 11.8 Å². The molecule has 2 aromatic carbocycles. The smallest absolute Gasteiger partial charge is 0.308 e. The standard InChI is InChI=1S/C19H19N3O4S/c1-12(23)26-18-15(24-3)9-13(10-16(18)25-4)11-20-21-19-22(2)14-7-5-6-8-17(14)27-19/h5-11H,1-4H3/b20-11-,21-19-. The second-order valence-corrected chi connectivity index (χ2v) is 6.61. The van der Waals surface area contributed by atoms with Crippen molar-refractivity contribution in [3.63, 3.8) is 0 Å². The first kappa shape index (κ1) is 18.7. The van der Waals surface area contributed by atoms with E-state index < -0.39 is 5.97 Å². The van der Waals surface area contributed by atoms with E-state index in [1.165, 1.54) is 21.1 Å². The quantitative estimate of drug-likeness (QED) is 0.293. The number of rotatable bonds is 5. The topological polar surface area (TPSA) is 74.4 Å². The summed E-state index contributed by atoms with van der Waals surface area (Å²) in [5.74, 6) is 0.523. The van der Waals surface area contributed by atoms with Gasteiger partial charge >= 0.3 is 5.97 Å². The third-order valence-corrected chi connectivity index (χ3v) is 4.90. The Morgan fingerprint density at radius 1 is 1.15 bits per heavy atom. The highest BCUT2D eigenvalue weighted by molar-refractivity contribution is 7.16. The molecule has 0 amide bonds. The Kier molecular flexibility index (Phi) is 5.56. The number of aryl methyl sites for hydroxylation is 1. The second-order valence-electron chi connectivity index (χ2n) is 5.60. The van der Waals surface area contributed by atoms with Crippen LogP contribution >= 0.6 is 11.3 Å². The molecule has 0 aliphatic heterocycles. The van der Waals surface area contributed by atoms with E-state index in [1.807, 2.05) is 35.9 Å². The predicted octanol–water partition coefficient (Wildman–Crippen LogP) is 3.12. The van der Waals surface area contributed by atoms with Crippen LogP contribution in [0.1, 0.15) is 12.5 Å². The summed E-state index contributed by atoms with van der Waals surface area (Å²) in [7, 11) is 4.93. The molecule has 1 heterocycles. The second kappa shape index (κ2) is 8.05. The van der Waals surface area contributed by atoms with Gasteiger partial charge in [-0.25, -0.2) is 0 Å². The van der Waals surface area contributed by atoms with E-state index in [0.717, 1.165) is 15.0 Å². The van der Waals surface area contributed by atoms with Crippen molar-refractivity contribution in [3.05, 3.63) is 46.8 Å². The number of aromatic nitrogens is 1. The summed E-state index contributed by atoms with van der Waals surface area (Å²) in [6.45, 7) is 1.32. The molecule has 140 valence electrons. The van der Waals surface area contributed by atoms with Gasteiger partial charge in [0.25, 0.3) is 0 Å². The molecule has 0 saturated heterocycles. The van der Waals surface area contributed by atoms with Crippen molar-refractivity contribution in [3.8, 4) is 17.2 Å². The number of hydrogen-bond acceptors (Lipinski definition) is 7. The van der Waals surface area contributed by atoms with E-state index >= 15 is 0 Å². The number of hydrogen-bond donors (Lipinski definition) is 0. The zero-order valence-corrected chi connectivity index (χ0v) is 16.2. The normalized spacial score (nSPS) is 11.9. The van der Waals surface area contributed by atoms with Crippen LogP contribution in [0.3, 0.4) is 0 Å². The number of fused-ring (bicyclic) bond motifs is 1. The lowest BCUT2D eigenvalue weighted by Crippen LogP contribution is -2.09. The van der Waals surface area contributed by atoms with E-state index in [0.29, 0.717) is 17.1 Å². The van der Waals surface area contributed by atoms with Crippen molar-refractivity contribution in [2.45, 2.75) is 6.92 Å². The zero-order valence-electron chi connectivity index (χ0n) is 15.4. The molecule has 8 heteroatoms. The molecule has 0 spiro atoms. The van der Waals surface area contributed by atoms with Crippen molar-refractivity contribution in [2.24, 2.45) is 17.3 Å². The Balaban J connectivity index is 1.96. The molecule has 1 aromatic heterocycles. The maximum atomic E-state index is 11.3. The Labute approximate surface area is 160 Å². The van der Waals surface area contributed by atoms with Crippen LogP contribution in [0.25, 0.3) is 10.2 Å². The first-order valence-electron chi connectivity index (χ1n) is 8.09. The van der Waals surface area contributed by atoms with Gasteiger partial charge in [-0.15, -0.1) is 5.10 Å². The number of methoxy groups -OCH3 is 2. The highest BCUT2D eigenvalue weighted by Gasteiger charge is 2.15. The van der Waals surface area contributed by atoms with Crippen molar-refractivity contribution in [1.29, 1.82) is 0 Å². The largest absolute Gasteiger partial charge is 0.493 e. The van der Waals surface area contributed by atoms with Gasteiger partial charge in [-0.3, -0.25) is 4.79 Å². The summed E-state index contributed by atoms with van der Waals surface area (Å²) >= 11 is 1.56. The number of carbonyl (C=O) groups excluding carboxylic acids is 1. The molecule has 0 aliphatic rings. The number of ether oxygens (including phenoxy) is 3. The molecule has 0 N–H and O–H groups in total. The van der Waals surface area contributed by atoms with Gasteiger partial charge in [0, 0.05) is 19.5 Å². The van der Waals surface area contributed by atoms with Gasteiger partial charge in [0.1, 0.15) is 0 Å². The molecule has 7 nitrogen and oxygen atoms in total. The van der Waals surface area contributed by atoms with Crippen LogP contribution < -0.4 is 19.0 Å². The summed E-state index contributed by atoms with van der Waals surface area (Å²) in [5, 5.41) is 8.48. The summed E-state index contributed by atoms with van der Waals surface area (Å²) in [6.07, 6.45) is 1.59. The van der Waals surface area contributed by atoms with E-state index in [2.05, 4.69) is 10.2 Å². The van der Waals surface area contributed by atoms with Crippen LogP contribution in [0.4, 0.5) is 0 Å². The molecule has 0 aliphatic carbocycles. The predicted molar refractivity (Wildman–Crippen MR) is 105 cm³/mol. The Hall–Kier alpha value is -3.13. The maximum Gasteiger partial charge on any atom is 0.308 e. The van der Waals surface area contributed by atoms with Crippen molar-refractivity contribution < 1.29 is 19.0 Å². The lowest BCUT2D eigenvalue weighted by atomic mass is 10.2. The highest BCUT2D eigenvalue weighted by atomic mass is 32.1. The van der Waals surface area contributed by atoms with Gasteiger partial charge in [0.05, 0.1) is 30.7 Å². The molecule has 27 heavy (non-hydrogen) atoms. The molecule has 0 saturated carbocycles. The number of esters is 1. The van der Waals surface area contributed by atoms with Gasteiger partial charge in [-0.05, 0) is 24.3 Å². The Morgan fingerprint density at radius 2 is 1.81 bits per heavy atom. The van der Waals surface area contributed by atoms with Crippen LogP contribution in [0, 0.1) is 0 Å². The minimum Gasteiger partial charge on any atom is -0.493 e. The zero-order chi connectivity index (χ0) is 19.4. The molecule has 0 radical (unpaired) electrons. The lowest BCUT2D eigenvalue weighted by molar-refractivity contribution is -0.132. The highest BCUT2D eigenvalue weighted by Crippen LogP contribution is 2.38. The molecule has 3 aromatic rings. The maximum absolute atomic E-state index is 11.3. The number of carbonyl (C=O) groups is 1. The monoisotopic (exact) mass is 385 g/mol. The van der Waals surface area contributed by atoms with Gasteiger partial charge in [-0.2, -0.15) is 5.10 Å². The summed E-state index contributed by atoms with van der Waals surface area (Å²) in [6, 6.07) is 11.5.